The first-order valence-electron chi connectivity index (χ1n) is 4.89. The number of rotatable bonds is 3. The monoisotopic (exact) mass is 268 g/mol. The standard InChI is InChI=1S/C11H9O6P/c12-11(13)9-6-5-7-3-1-2-4-8(7)10(9)17-18(14,15)16/h1-6H,(H,12,13)(H2,14,15,16). The second kappa shape index (κ2) is 4.42. The van der Waals surface area contributed by atoms with Crippen molar-refractivity contribution in [3.05, 3.63) is 42.0 Å². The molecule has 0 saturated carbocycles. The zero-order valence-electron chi connectivity index (χ0n) is 8.98. The fourth-order valence-corrected chi connectivity index (χ4v) is 2.06. The summed E-state index contributed by atoms with van der Waals surface area (Å²) in [5.41, 5.74) is -0.294. The molecule has 0 saturated heterocycles. The van der Waals surface area contributed by atoms with E-state index in [0.29, 0.717) is 10.8 Å². The van der Waals surface area contributed by atoms with Gasteiger partial charge in [-0.15, -0.1) is 0 Å². The van der Waals surface area contributed by atoms with Gasteiger partial charge in [-0.25, -0.2) is 9.36 Å². The molecule has 0 unspecified atom stereocenters. The molecule has 7 heteroatoms. The first-order chi connectivity index (χ1) is 8.38. The summed E-state index contributed by atoms with van der Waals surface area (Å²) >= 11 is 0. The summed E-state index contributed by atoms with van der Waals surface area (Å²) in [6.07, 6.45) is 0. The molecule has 2 aromatic carbocycles. The van der Waals surface area contributed by atoms with E-state index in [4.69, 9.17) is 14.9 Å². The Labute approximate surface area is 102 Å². The van der Waals surface area contributed by atoms with Gasteiger partial charge < -0.3 is 9.63 Å². The molecule has 0 amide bonds. The Balaban J connectivity index is 2.74. The van der Waals surface area contributed by atoms with Crippen LogP contribution in [0.5, 0.6) is 5.75 Å². The minimum absolute atomic E-state index is 0.294. The van der Waals surface area contributed by atoms with Gasteiger partial charge in [0.2, 0.25) is 0 Å². The minimum atomic E-state index is -4.82. The zero-order chi connectivity index (χ0) is 13.3. The van der Waals surface area contributed by atoms with Crippen molar-refractivity contribution in [3.63, 3.8) is 0 Å². The van der Waals surface area contributed by atoms with E-state index in [1.807, 2.05) is 0 Å². The third-order valence-corrected chi connectivity index (χ3v) is 2.74. The molecular weight excluding hydrogens is 259 g/mol. The van der Waals surface area contributed by atoms with Gasteiger partial charge in [0, 0.05) is 5.39 Å². The summed E-state index contributed by atoms with van der Waals surface area (Å²) < 4.78 is 15.4. The number of benzene rings is 2. The lowest BCUT2D eigenvalue weighted by Gasteiger charge is -2.12. The van der Waals surface area contributed by atoms with Crippen LogP contribution in [0.4, 0.5) is 0 Å². The number of carboxylic acid groups (broad SMARTS) is 1. The number of phosphoric ester groups is 1. The SMILES string of the molecule is O=C(O)c1ccc2ccccc2c1OP(=O)(O)O. The molecule has 0 fully saturated rings. The summed E-state index contributed by atoms with van der Waals surface area (Å²) in [5.74, 6) is -1.64. The van der Waals surface area contributed by atoms with E-state index in [1.54, 1.807) is 24.3 Å². The average molecular weight is 268 g/mol. The average Bonchev–Trinajstić information content (AvgIpc) is 2.27. The van der Waals surface area contributed by atoms with E-state index in [1.165, 1.54) is 12.1 Å². The van der Waals surface area contributed by atoms with Crippen LogP contribution < -0.4 is 4.52 Å². The minimum Gasteiger partial charge on any atom is -0.478 e. The summed E-state index contributed by atoms with van der Waals surface area (Å²) in [5, 5.41) is 9.95. The van der Waals surface area contributed by atoms with E-state index >= 15 is 0 Å². The van der Waals surface area contributed by atoms with Gasteiger partial charge in [-0.05, 0) is 11.5 Å². The molecule has 0 aliphatic carbocycles. The van der Waals surface area contributed by atoms with E-state index in [0.717, 1.165) is 0 Å². The van der Waals surface area contributed by atoms with E-state index in [-0.39, 0.29) is 11.3 Å². The van der Waals surface area contributed by atoms with E-state index in [2.05, 4.69) is 4.52 Å². The molecule has 2 rings (SSSR count). The maximum atomic E-state index is 11.0. The number of fused-ring (bicyclic) bond motifs is 1. The zero-order valence-corrected chi connectivity index (χ0v) is 9.87. The smallest absolute Gasteiger partial charge is 0.478 e. The highest BCUT2D eigenvalue weighted by atomic mass is 31.2. The maximum Gasteiger partial charge on any atom is 0.524 e. The second-order valence-electron chi connectivity index (χ2n) is 3.55. The molecule has 0 aromatic heterocycles. The number of hydrogen-bond acceptors (Lipinski definition) is 3. The van der Waals surface area contributed by atoms with Crippen molar-refractivity contribution in [1.29, 1.82) is 0 Å². The van der Waals surface area contributed by atoms with Crippen molar-refractivity contribution in [3.8, 4) is 5.75 Å². The summed E-state index contributed by atoms with van der Waals surface area (Å²) in [6.45, 7) is 0. The van der Waals surface area contributed by atoms with Crippen LogP contribution in [0.3, 0.4) is 0 Å². The predicted molar refractivity (Wildman–Crippen MR) is 63.6 cm³/mol. The lowest BCUT2D eigenvalue weighted by Crippen LogP contribution is -2.02. The molecule has 18 heavy (non-hydrogen) atoms. The third kappa shape index (κ3) is 2.51. The summed E-state index contributed by atoms with van der Waals surface area (Å²) in [6, 6.07) is 9.37. The van der Waals surface area contributed by atoms with Gasteiger partial charge in [-0.1, -0.05) is 30.3 Å². The van der Waals surface area contributed by atoms with Gasteiger partial charge in [-0.2, -0.15) is 0 Å². The van der Waals surface area contributed by atoms with Gasteiger partial charge in [0.25, 0.3) is 0 Å². The van der Waals surface area contributed by atoms with Gasteiger partial charge in [0.1, 0.15) is 5.56 Å². The van der Waals surface area contributed by atoms with Crippen molar-refractivity contribution in [2.75, 3.05) is 0 Å². The normalized spacial score (nSPS) is 11.4. The van der Waals surface area contributed by atoms with Gasteiger partial charge >= 0.3 is 13.8 Å². The van der Waals surface area contributed by atoms with Crippen LogP contribution in [0, 0.1) is 0 Å². The quantitative estimate of drug-likeness (QED) is 0.735. The molecule has 6 nitrogen and oxygen atoms in total. The largest absolute Gasteiger partial charge is 0.524 e. The van der Waals surface area contributed by atoms with Crippen molar-refractivity contribution in [2.24, 2.45) is 0 Å². The number of aromatic carboxylic acids is 1. The van der Waals surface area contributed by atoms with Gasteiger partial charge in [-0.3, -0.25) is 9.79 Å². The third-order valence-electron chi connectivity index (χ3n) is 2.32. The Morgan fingerprint density at radius 3 is 2.39 bits per heavy atom. The highest BCUT2D eigenvalue weighted by Gasteiger charge is 2.23. The molecular formula is C11H9O6P. The summed E-state index contributed by atoms with van der Waals surface area (Å²) in [7, 11) is -4.82. The molecule has 94 valence electrons. The van der Waals surface area contributed by atoms with Crippen LogP contribution in [0.1, 0.15) is 10.4 Å². The Morgan fingerprint density at radius 1 is 1.11 bits per heavy atom. The van der Waals surface area contributed by atoms with Crippen LogP contribution in [0.25, 0.3) is 10.8 Å². The molecule has 0 spiro atoms. The van der Waals surface area contributed by atoms with Gasteiger partial charge in [0.15, 0.2) is 5.75 Å². The van der Waals surface area contributed by atoms with Crippen molar-refractivity contribution in [1.82, 2.24) is 0 Å². The summed E-state index contributed by atoms with van der Waals surface area (Å²) in [4.78, 5) is 28.7. The first-order valence-corrected chi connectivity index (χ1v) is 6.42. The number of carboxylic acids is 1. The highest BCUT2D eigenvalue weighted by molar-refractivity contribution is 7.46. The molecule has 0 atom stereocenters. The van der Waals surface area contributed by atoms with E-state index in [9.17, 15) is 9.36 Å². The van der Waals surface area contributed by atoms with Crippen molar-refractivity contribution >= 4 is 24.6 Å². The van der Waals surface area contributed by atoms with Crippen LogP contribution >= 0.6 is 7.82 Å². The Kier molecular flexibility index (Phi) is 3.09. The Hall–Kier alpha value is -1.88. The molecule has 3 N–H and O–H groups in total. The molecule has 0 aliphatic rings. The van der Waals surface area contributed by atoms with Crippen LogP contribution in [-0.2, 0) is 4.57 Å². The van der Waals surface area contributed by atoms with Gasteiger partial charge in [0.05, 0.1) is 0 Å². The molecule has 0 heterocycles. The van der Waals surface area contributed by atoms with Crippen molar-refractivity contribution < 1.29 is 28.8 Å². The number of hydrogen-bond donors (Lipinski definition) is 3. The molecule has 0 bridgehead atoms. The second-order valence-corrected chi connectivity index (χ2v) is 4.71. The van der Waals surface area contributed by atoms with Crippen LogP contribution in [0.15, 0.2) is 36.4 Å². The topological polar surface area (TPSA) is 104 Å². The Morgan fingerprint density at radius 2 is 1.78 bits per heavy atom. The lowest BCUT2D eigenvalue weighted by molar-refractivity contribution is 0.0695. The van der Waals surface area contributed by atoms with Crippen molar-refractivity contribution in [2.45, 2.75) is 0 Å². The molecule has 0 radical (unpaired) electrons. The highest BCUT2D eigenvalue weighted by Crippen LogP contribution is 2.42. The lowest BCUT2D eigenvalue weighted by atomic mass is 10.1. The fourth-order valence-electron chi connectivity index (χ4n) is 1.63. The number of phosphoric acid groups is 1. The van der Waals surface area contributed by atoms with Crippen LogP contribution in [-0.4, -0.2) is 20.9 Å². The molecule has 2 aromatic rings. The van der Waals surface area contributed by atoms with Crippen LogP contribution in [0.2, 0.25) is 0 Å². The molecule has 0 aliphatic heterocycles. The first kappa shape index (κ1) is 12.6. The predicted octanol–water partition coefficient (Wildman–Crippen LogP) is 2.01. The maximum absolute atomic E-state index is 11.0. The number of carbonyl (C=O) groups is 1. The Bertz CT molecular complexity index is 660. The fraction of sp³-hybridized carbons (Fsp3) is 0. The van der Waals surface area contributed by atoms with E-state index < -0.39 is 13.8 Å².